The minimum atomic E-state index is -0.760. The Labute approximate surface area is 431 Å². The number of piperidine rings is 4. The number of para-hydroxylation sites is 1. The van der Waals surface area contributed by atoms with Crippen molar-refractivity contribution in [3.63, 3.8) is 0 Å². The molecule has 1 saturated carbocycles. The molecular formula is C57H66FN11O5. The number of hydrogen-bond acceptors (Lipinski definition) is 11. The van der Waals surface area contributed by atoms with Crippen LogP contribution in [0.15, 0.2) is 73.2 Å². The standard InChI is InChI=1S/C57H66FN11O5/c1-35(2)68-34-60-47-31-46(62-52(51(47)68)61-45-9-5-4-8-44(45)58)37-10-13-43-48(28-37)69(41-29-40(30-41)64-21-6-3-7-22-64)56(74)57(43)19-26-66(27-20-57)55(73)39-18-25-67(33-39)54(72)36-16-23-65(24-17-36)49-14-11-38(32-59-49)42-12-15-50(70)63-53(42)71/h4-5,8-11,13-14,28,31-32,34-36,39-42H,3,6-7,12,15-27,29-30,33H2,1-2H3,(H,61,62)(H,63,70,71)/t39-,40?,41?,42?/m1/s1. The van der Waals surface area contributed by atoms with Crippen LogP contribution in [0.25, 0.3) is 22.3 Å². The summed E-state index contributed by atoms with van der Waals surface area (Å²) in [4.78, 5) is 92.9. The zero-order valence-corrected chi connectivity index (χ0v) is 42.5. The van der Waals surface area contributed by atoms with Gasteiger partial charge in [0.05, 0.1) is 40.5 Å². The number of imide groups is 1. The largest absolute Gasteiger partial charge is 0.357 e. The Balaban J connectivity index is 0.729. The molecule has 2 N–H and O–H groups in total. The van der Waals surface area contributed by atoms with Crippen molar-refractivity contribution in [2.45, 2.75) is 120 Å². The third-order valence-corrected chi connectivity index (χ3v) is 17.7. The Morgan fingerprint density at radius 1 is 0.797 bits per heavy atom. The van der Waals surface area contributed by atoms with Crippen LogP contribution in [0.5, 0.6) is 0 Å². The molecule has 7 aliphatic rings. The second-order valence-corrected chi connectivity index (χ2v) is 22.2. The van der Waals surface area contributed by atoms with E-state index in [4.69, 9.17) is 9.97 Å². The van der Waals surface area contributed by atoms with Crippen molar-refractivity contribution in [2.75, 3.05) is 67.5 Å². The number of aromatic nitrogens is 4. The Bertz CT molecular complexity index is 3000. The van der Waals surface area contributed by atoms with E-state index < -0.39 is 5.41 Å². The van der Waals surface area contributed by atoms with Crippen LogP contribution in [-0.4, -0.2) is 128 Å². The highest BCUT2D eigenvalue weighted by molar-refractivity contribution is 6.09. The van der Waals surface area contributed by atoms with Crippen molar-refractivity contribution in [1.29, 1.82) is 0 Å². The number of rotatable bonds is 10. The van der Waals surface area contributed by atoms with Gasteiger partial charge in [-0.1, -0.05) is 36.8 Å². The van der Waals surface area contributed by atoms with Gasteiger partial charge in [0, 0.05) is 87.2 Å². The molecule has 17 heteroatoms. The van der Waals surface area contributed by atoms with E-state index in [-0.39, 0.29) is 65.2 Å². The summed E-state index contributed by atoms with van der Waals surface area (Å²) < 4.78 is 17.1. The lowest BCUT2D eigenvalue weighted by molar-refractivity contribution is -0.140. The molecule has 2 atom stereocenters. The summed E-state index contributed by atoms with van der Waals surface area (Å²) >= 11 is 0. The number of likely N-dealkylation sites (tertiary alicyclic amines) is 3. The fourth-order valence-electron chi connectivity index (χ4n) is 13.3. The van der Waals surface area contributed by atoms with Crippen molar-refractivity contribution in [1.82, 2.24) is 39.5 Å². The van der Waals surface area contributed by atoms with Crippen molar-refractivity contribution in [3.8, 4) is 11.3 Å². The molecule has 6 aliphatic heterocycles. The number of carbonyl (C=O) groups excluding carboxylic acids is 5. The van der Waals surface area contributed by atoms with Gasteiger partial charge in [-0.2, -0.15) is 0 Å². The first-order valence-corrected chi connectivity index (χ1v) is 27.2. The van der Waals surface area contributed by atoms with Gasteiger partial charge in [-0.15, -0.1) is 0 Å². The number of carbonyl (C=O) groups is 5. The Hall–Kier alpha value is -6.75. The molecule has 1 unspecified atom stereocenters. The molecule has 5 amide bonds. The van der Waals surface area contributed by atoms with Crippen LogP contribution in [0.2, 0.25) is 0 Å². The number of nitrogens with one attached hydrogen (secondary N) is 2. The van der Waals surface area contributed by atoms with Gasteiger partial charge >= 0.3 is 0 Å². The van der Waals surface area contributed by atoms with Crippen LogP contribution in [0, 0.1) is 17.7 Å². The van der Waals surface area contributed by atoms with E-state index in [2.05, 4.69) is 62.4 Å². The quantitative estimate of drug-likeness (QED) is 0.133. The smallest absolute Gasteiger partial charge is 0.238 e. The molecule has 16 nitrogen and oxygen atoms in total. The number of fused-ring (bicyclic) bond motifs is 3. The fraction of sp³-hybridized carbons (Fsp3) is 0.509. The van der Waals surface area contributed by atoms with Crippen LogP contribution >= 0.6 is 0 Å². The number of amides is 5. The number of hydrogen-bond donors (Lipinski definition) is 2. The molecule has 9 heterocycles. The van der Waals surface area contributed by atoms with Crippen LogP contribution in [0.1, 0.15) is 114 Å². The maximum absolute atomic E-state index is 15.3. The molecule has 5 aromatic rings. The second-order valence-electron chi connectivity index (χ2n) is 22.2. The summed E-state index contributed by atoms with van der Waals surface area (Å²) in [6.45, 7) is 9.64. The molecule has 0 radical (unpaired) electrons. The summed E-state index contributed by atoms with van der Waals surface area (Å²) in [6, 6.07) is 19.3. The number of halogens is 1. The molecule has 6 fully saturated rings. The molecule has 12 rings (SSSR count). The number of pyridine rings is 2. The summed E-state index contributed by atoms with van der Waals surface area (Å²) in [7, 11) is 0. The van der Waals surface area contributed by atoms with E-state index in [0.717, 1.165) is 65.2 Å². The van der Waals surface area contributed by atoms with Crippen LogP contribution < -0.4 is 20.4 Å². The second kappa shape index (κ2) is 19.5. The molecule has 3 aromatic heterocycles. The molecule has 74 heavy (non-hydrogen) atoms. The van der Waals surface area contributed by atoms with Gasteiger partial charge in [0.15, 0.2) is 5.82 Å². The van der Waals surface area contributed by atoms with E-state index >= 15 is 9.18 Å². The SMILES string of the molecule is CC(C)n1cnc2cc(-c3ccc4c(c3)N(C3CC(N5CCCCC5)C3)C(=O)C43CCN(C(=O)[C@@H]4CCN(C(=O)C5CCN(c6ccc(C7CCC(=O)NC7=O)cn6)CC5)C4)CC3)nc(Nc3ccccc3F)c21. The van der Waals surface area contributed by atoms with Crippen molar-refractivity contribution in [3.05, 3.63) is 90.1 Å². The van der Waals surface area contributed by atoms with Crippen molar-refractivity contribution in [2.24, 2.45) is 11.8 Å². The van der Waals surface area contributed by atoms with Crippen LogP contribution in [0.4, 0.5) is 27.4 Å². The third kappa shape index (κ3) is 8.67. The molecule has 386 valence electrons. The average Bonchev–Trinajstić information content (AvgIpc) is 4.14. The first kappa shape index (κ1) is 48.2. The topological polar surface area (TPSA) is 169 Å². The molecular weight excluding hydrogens is 938 g/mol. The van der Waals surface area contributed by atoms with Gasteiger partial charge < -0.3 is 34.4 Å². The predicted molar refractivity (Wildman–Crippen MR) is 279 cm³/mol. The predicted octanol–water partition coefficient (Wildman–Crippen LogP) is 7.47. The Kier molecular flexibility index (Phi) is 12.7. The maximum atomic E-state index is 15.3. The zero-order chi connectivity index (χ0) is 50.8. The lowest BCUT2D eigenvalue weighted by Gasteiger charge is -2.48. The Morgan fingerprint density at radius 2 is 1.55 bits per heavy atom. The van der Waals surface area contributed by atoms with Crippen molar-refractivity contribution < 1.29 is 28.4 Å². The van der Waals surface area contributed by atoms with Gasteiger partial charge in [0.1, 0.15) is 17.2 Å². The minimum absolute atomic E-state index is 0.0687. The molecule has 0 bridgehead atoms. The number of nitrogens with zero attached hydrogens (tertiary/aromatic N) is 9. The first-order chi connectivity index (χ1) is 35.9. The van der Waals surface area contributed by atoms with E-state index in [1.54, 1.807) is 30.7 Å². The normalized spacial score (nSPS) is 24.5. The van der Waals surface area contributed by atoms with Gasteiger partial charge in [0.2, 0.25) is 29.5 Å². The molecule has 1 aliphatic carbocycles. The lowest BCUT2D eigenvalue weighted by atomic mass is 9.73. The van der Waals surface area contributed by atoms with E-state index in [0.29, 0.717) is 107 Å². The average molecular weight is 1000 g/mol. The number of benzene rings is 2. The summed E-state index contributed by atoms with van der Waals surface area (Å²) in [5, 5.41) is 5.70. The molecule has 2 aromatic carbocycles. The van der Waals surface area contributed by atoms with Crippen LogP contribution in [-0.2, 0) is 29.4 Å². The van der Waals surface area contributed by atoms with Gasteiger partial charge in [-0.05, 0) is 133 Å². The monoisotopic (exact) mass is 1000 g/mol. The third-order valence-electron chi connectivity index (χ3n) is 17.7. The Morgan fingerprint density at radius 3 is 2.28 bits per heavy atom. The highest BCUT2D eigenvalue weighted by atomic mass is 19.1. The van der Waals surface area contributed by atoms with E-state index in [1.165, 1.54) is 25.3 Å². The highest BCUT2D eigenvalue weighted by Gasteiger charge is 2.56. The molecule has 5 saturated heterocycles. The number of imidazole rings is 1. The summed E-state index contributed by atoms with van der Waals surface area (Å²) in [5.74, 6) is -0.0659. The van der Waals surface area contributed by atoms with Crippen molar-refractivity contribution >= 4 is 63.6 Å². The molecule has 1 spiro atoms. The van der Waals surface area contributed by atoms with Gasteiger partial charge in [-0.25, -0.2) is 19.3 Å². The zero-order valence-electron chi connectivity index (χ0n) is 42.5. The minimum Gasteiger partial charge on any atom is -0.357 e. The van der Waals surface area contributed by atoms with Crippen LogP contribution in [0.3, 0.4) is 0 Å². The number of anilines is 4. The highest BCUT2D eigenvalue weighted by Crippen LogP contribution is 2.52. The van der Waals surface area contributed by atoms with E-state index in [9.17, 15) is 19.2 Å². The van der Waals surface area contributed by atoms with Gasteiger partial charge in [0.25, 0.3) is 0 Å². The first-order valence-electron chi connectivity index (χ1n) is 27.2. The summed E-state index contributed by atoms with van der Waals surface area (Å²) in [6.07, 6.45) is 12.9. The van der Waals surface area contributed by atoms with E-state index in [1.807, 2.05) is 32.6 Å². The maximum Gasteiger partial charge on any atom is 0.238 e. The fourth-order valence-corrected chi connectivity index (χ4v) is 13.3. The lowest BCUT2D eigenvalue weighted by Crippen LogP contribution is -2.58. The summed E-state index contributed by atoms with van der Waals surface area (Å²) in [5.41, 5.74) is 5.31. The van der Waals surface area contributed by atoms with Gasteiger partial charge in [-0.3, -0.25) is 29.3 Å².